The monoisotopic (exact) mass is 503 g/mol. The molecule has 5 rings (SSSR count). The Morgan fingerprint density at radius 1 is 1.03 bits per heavy atom. The van der Waals surface area contributed by atoms with Gasteiger partial charge in [-0.15, -0.1) is 0 Å². The highest BCUT2D eigenvalue weighted by Crippen LogP contribution is 2.34. The Labute approximate surface area is 219 Å². The zero-order valence-electron chi connectivity index (χ0n) is 22.3. The van der Waals surface area contributed by atoms with Crippen LogP contribution >= 0.6 is 0 Å². The van der Waals surface area contributed by atoms with E-state index in [-0.39, 0.29) is 18.7 Å². The topological polar surface area (TPSA) is 65.8 Å². The van der Waals surface area contributed by atoms with Crippen LogP contribution in [0.1, 0.15) is 59.1 Å². The summed E-state index contributed by atoms with van der Waals surface area (Å²) in [5, 5.41) is 4.97. The van der Waals surface area contributed by atoms with Gasteiger partial charge in [0.2, 0.25) is 0 Å². The van der Waals surface area contributed by atoms with Gasteiger partial charge in [0.25, 0.3) is 0 Å². The van der Waals surface area contributed by atoms with E-state index < -0.39 is 5.60 Å². The van der Waals surface area contributed by atoms with Gasteiger partial charge in [-0.2, -0.15) is 5.10 Å². The third-order valence-electron chi connectivity index (χ3n) is 6.97. The Hall–Kier alpha value is -3.32. The average Bonchev–Trinajstić information content (AvgIpc) is 3.24. The van der Waals surface area contributed by atoms with Gasteiger partial charge in [-0.05, 0) is 83.7 Å². The first-order chi connectivity index (χ1) is 17.8. The van der Waals surface area contributed by atoms with E-state index in [1.54, 1.807) is 13.8 Å². The maximum Gasteiger partial charge on any atom is 0.338 e. The molecule has 2 aliphatic rings. The van der Waals surface area contributed by atoms with Crippen molar-refractivity contribution in [3.8, 4) is 22.7 Å². The lowest BCUT2D eigenvalue weighted by atomic mass is 9.96. The van der Waals surface area contributed by atoms with Crippen molar-refractivity contribution in [1.29, 1.82) is 0 Å². The Bertz CT molecular complexity index is 1240. The third-order valence-corrected chi connectivity index (χ3v) is 6.97. The molecule has 0 spiro atoms. The number of aromatic nitrogens is 2. The Morgan fingerprint density at radius 2 is 1.78 bits per heavy atom. The first kappa shape index (κ1) is 25.3. The molecule has 1 saturated heterocycles. The lowest BCUT2D eigenvalue weighted by molar-refractivity contribution is -0.173. The van der Waals surface area contributed by atoms with Crippen LogP contribution in [0.2, 0.25) is 0 Å². The van der Waals surface area contributed by atoms with E-state index in [0.717, 1.165) is 60.0 Å². The van der Waals surface area contributed by atoms with Gasteiger partial charge in [0.05, 0.1) is 41.6 Å². The van der Waals surface area contributed by atoms with Gasteiger partial charge >= 0.3 is 5.97 Å². The van der Waals surface area contributed by atoms with Crippen LogP contribution in [-0.2, 0) is 20.9 Å². The third kappa shape index (κ3) is 5.67. The van der Waals surface area contributed by atoms with Gasteiger partial charge in [0, 0.05) is 18.7 Å². The fourth-order valence-electron chi connectivity index (χ4n) is 4.44. The maximum absolute atomic E-state index is 12.5. The molecule has 0 N–H and O–H groups in total. The molecule has 0 radical (unpaired) electrons. The van der Waals surface area contributed by atoms with Crippen molar-refractivity contribution in [1.82, 2.24) is 9.78 Å². The highest BCUT2D eigenvalue weighted by atomic mass is 16.6. The molecule has 3 aromatic rings. The highest BCUT2D eigenvalue weighted by Gasteiger charge is 2.32. The van der Waals surface area contributed by atoms with Crippen molar-refractivity contribution in [2.45, 2.75) is 77.8 Å². The molecule has 0 bridgehead atoms. The van der Waals surface area contributed by atoms with E-state index in [0.29, 0.717) is 6.10 Å². The second-order valence-electron chi connectivity index (χ2n) is 10.7. The molecule has 2 aromatic carbocycles. The number of rotatable bonds is 10. The number of anilines is 1. The molecule has 7 heteroatoms. The van der Waals surface area contributed by atoms with Gasteiger partial charge in [-0.3, -0.25) is 0 Å². The van der Waals surface area contributed by atoms with E-state index in [2.05, 4.69) is 35.2 Å². The predicted octanol–water partition coefficient (Wildman–Crippen LogP) is 5.93. The molecular formula is C30H37N3O4. The fraction of sp³-hybridized carbons (Fsp3) is 0.467. The number of carbonyl (C=O) groups is 1. The number of hydrogen-bond donors (Lipinski definition) is 0. The number of nitrogens with zero attached hydrogens (tertiary/aromatic N) is 3. The molecule has 1 aliphatic heterocycles. The summed E-state index contributed by atoms with van der Waals surface area (Å²) in [6.07, 6.45) is 4.76. The molecular weight excluding hydrogens is 466 g/mol. The van der Waals surface area contributed by atoms with Gasteiger partial charge in [0.1, 0.15) is 5.75 Å². The van der Waals surface area contributed by atoms with E-state index in [1.165, 1.54) is 12.8 Å². The summed E-state index contributed by atoms with van der Waals surface area (Å²) in [5.74, 6) is 0.493. The quantitative estimate of drug-likeness (QED) is 0.320. The van der Waals surface area contributed by atoms with Crippen molar-refractivity contribution in [2.24, 2.45) is 0 Å². The van der Waals surface area contributed by atoms with Crippen LogP contribution in [-0.4, -0.2) is 46.6 Å². The molecule has 0 atom stereocenters. The normalized spacial score (nSPS) is 15.9. The Kier molecular flexibility index (Phi) is 7.24. The smallest absolute Gasteiger partial charge is 0.338 e. The molecule has 2 fully saturated rings. The first-order valence-electron chi connectivity index (χ1n) is 13.4. The second-order valence-corrected chi connectivity index (χ2v) is 10.7. The number of hydrogen-bond acceptors (Lipinski definition) is 6. The van der Waals surface area contributed by atoms with Crippen LogP contribution in [0.3, 0.4) is 0 Å². The largest absolute Gasteiger partial charge is 0.490 e. The van der Waals surface area contributed by atoms with Crippen LogP contribution in [0.4, 0.5) is 5.69 Å². The zero-order valence-corrected chi connectivity index (χ0v) is 22.3. The minimum absolute atomic E-state index is 0.185. The molecule has 1 aromatic heterocycles. The van der Waals surface area contributed by atoms with E-state index in [9.17, 15) is 4.79 Å². The van der Waals surface area contributed by atoms with Gasteiger partial charge in [-0.1, -0.05) is 24.3 Å². The van der Waals surface area contributed by atoms with Crippen LogP contribution in [0.25, 0.3) is 16.9 Å². The molecule has 0 unspecified atom stereocenters. The van der Waals surface area contributed by atoms with Crippen LogP contribution in [0.5, 0.6) is 5.75 Å². The number of esters is 1. The molecule has 0 amide bonds. The maximum atomic E-state index is 12.5. The first-order valence-corrected chi connectivity index (χ1v) is 13.4. The van der Waals surface area contributed by atoms with Crippen LogP contribution in [0.15, 0.2) is 54.6 Å². The Balaban J connectivity index is 1.48. The Morgan fingerprint density at radius 3 is 2.43 bits per heavy atom. The summed E-state index contributed by atoms with van der Waals surface area (Å²) in [5.41, 5.74) is 3.81. The van der Waals surface area contributed by atoms with Crippen molar-refractivity contribution in [3.63, 3.8) is 0 Å². The number of benzene rings is 2. The lowest BCUT2D eigenvalue weighted by Gasteiger charge is -2.34. The van der Waals surface area contributed by atoms with Crippen molar-refractivity contribution in [2.75, 3.05) is 18.0 Å². The molecule has 1 aliphatic carbocycles. The second kappa shape index (κ2) is 10.6. The molecule has 37 heavy (non-hydrogen) atoms. The number of para-hydroxylation sites is 2. The predicted molar refractivity (Wildman–Crippen MR) is 144 cm³/mol. The lowest BCUT2D eigenvalue weighted by Crippen LogP contribution is -2.38. The molecule has 1 saturated carbocycles. The van der Waals surface area contributed by atoms with Gasteiger partial charge < -0.3 is 19.1 Å². The fourth-order valence-corrected chi connectivity index (χ4v) is 4.44. The minimum Gasteiger partial charge on any atom is -0.490 e. The van der Waals surface area contributed by atoms with E-state index in [4.69, 9.17) is 19.3 Å². The number of carbonyl (C=O) groups excluding carboxylic acids is 1. The summed E-state index contributed by atoms with van der Waals surface area (Å²) in [6.45, 7) is 9.40. The SMILES string of the molecule is CC(C)OC(=O)C(C)(C)OCc1cc(-c2cccc(OC3CCC3)c2)n(-c2ccccc2N2CCC2)n1. The molecule has 7 nitrogen and oxygen atoms in total. The number of ether oxygens (including phenoxy) is 3. The summed E-state index contributed by atoms with van der Waals surface area (Å²) in [6, 6.07) is 18.6. The zero-order chi connectivity index (χ0) is 26.0. The van der Waals surface area contributed by atoms with Crippen LogP contribution in [0, 0.1) is 0 Å². The summed E-state index contributed by atoms with van der Waals surface area (Å²) >= 11 is 0. The minimum atomic E-state index is -1.08. The van der Waals surface area contributed by atoms with Gasteiger partial charge in [0.15, 0.2) is 5.60 Å². The van der Waals surface area contributed by atoms with Crippen molar-refractivity contribution in [3.05, 3.63) is 60.3 Å². The molecule has 196 valence electrons. The molecule has 2 heterocycles. The summed E-state index contributed by atoms with van der Waals surface area (Å²) in [4.78, 5) is 14.9. The van der Waals surface area contributed by atoms with Crippen LogP contribution < -0.4 is 9.64 Å². The summed E-state index contributed by atoms with van der Waals surface area (Å²) < 4.78 is 19.6. The van der Waals surface area contributed by atoms with Crippen molar-refractivity contribution >= 4 is 11.7 Å². The standard InChI is InChI=1S/C30H37N3O4/c1-21(2)36-29(34)30(3,4)35-20-23-19-28(22-10-7-13-25(18-22)37-24-11-8-12-24)33(31-23)27-15-6-5-14-26(27)32-16-9-17-32/h5-7,10,13-15,18-19,21,24H,8-9,11-12,16-17,20H2,1-4H3. The van der Waals surface area contributed by atoms with Gasteiger partial charge in [-0.25, -0.2) is 9.48 Å². The van der Waals surface area contributed by atoms with E-state index in [1.807, 2.05) is 42.8 Å². The average molecular weight is 504 g/mol. The van der Waals surface area contributed by atoms with Crippen molar-refractivity contribution < 1.29 is 19.0 Å². The van der Waals surface area contributed by atoms with E-state index >= 15 is 0 Å². The highest BCUT2D eigenvalue weighted by molar-refractivity contribution is 5.78. The summed E-state index contributed by atoms with van der Waals surface area (Å²) in [7, 11) is 0.